The highest BCUT2D eigenvalue weighted by Crippen LogP contribution is 2.37. The summed E-state index contributed by atoms with van der Waals surface area (Å²) in [6.07, 6.45) is 6.66. The van der Waals surface area contributed by atoms with Crippen LogP contribution in [-0.2, 0) is 11.3 Å². The van der Waals surface area contributed by atoms with Crippen molar-refractivity contribution < 1.29 is 9.18 Å². The van der Waals surface area contributed by atoms with Gasteiger partial charge in [0, 0.05) is 56.7 Å². The minimum absolute atomic E-state index is 0.0857. The second kappa shape index (κ2) is 6.75. The predicted molar refractivity (Wildman–Crippen MR) is 88.1 cm³/mol. The lowest BCUT2D eigenvalue weighted by Crippen LogP contribution is -2.45. The number of hydrogen-bond acceptors (Lipinski definition) is 4. The van der Waals surface area contributed by atoms with Gasteiger partial charge >= 0.3 is 0 Å². The molecule has 0 N–H and O–H groups in total. The van der Waals surface area contributed by atoms with E-state index >= 15 is 0 Å². The van der Waals surface area contributed by atoms with Crippen LogP contribution in [0.3, 0.4) is 0 Å². The molecule has 1 aromatic heterocycles. The van der Waals surface area contributed by atoms with E-state index in [1.807, 2.05) is 17.2 Å². The minimum atomic E-state index is -0.377. The first-order chi connectivity index (χ1) is 11.7. The first-order valence-corrected chi connectivity index (χ1v) is 9.12. The molecular weight excluding hydrogens is 307 g/mol. The number of alkyl halides is 1. The quantitative estimate of drug-likeness (QED) is 0.829. The van der Waals surface area contributed by atoms with E-state index in [9.17, 15) is 9.18 Å². The van der Waals surface area contributed by atoms with Crippen molar-refractivity contribution in [1.29, 1.82) is 0 Å². The second-order valence-corrected chi connectivity index (χ2v) is 7.46. The largest absolute Gasteiger partial charge is 0.339 e. The number of aromatic nitrogens is 2. The summed E-state index contributed by atoms with van der Waals surface area (Å²) >= 11 is 0. The first-order valence-electron chi connectivity index (χ1n) is 9.12. The number of likely N-dealkylation sites (tertiary alicyclic amines) is 2. The van der Waals surface area contributed by atoms with Crippen LogP contribution < -0.4 is 0 Å². The van der Waals surface area contributed by atoms with Crippen molar-refractivity contribution in [1.82, 2.24) is 19.8 Å². The fourth-order valence-electron chi connectivity index (χ4n) is 3.92. The van der Waals surface area contributed by atoms with Gasteiger partial charge in [-0.1, -0.05) is 0 Å². The molecule has 3 heterocycles. The van der Waals surface area contributed by atoms with Gasteiger partial charge in [-0.05, 0) is 31.7 Å². The molecule has 0 radical (unpaired) electrons. The molecular formula is C18H25FN4O. The maximum Gasteiger partial charge on any atom is 0.223 e. The van der Waals surface area contributed by atoms with E-state index in [0.717, 1.165) is 44.0 Å². The molecule has 1 saturated carbocycles. The molecule has 1 aromatic rings. The number of nitrogens with zero attached hydrogens (tertiary/aromatic N) is 4. The Morgan fingerprint density at radius 1 is 1.21 bits per heavy atom. The smallest absolute Gasteiger partial charge is 0.223 e. The summed E-state index contributed by atoms with van der Waals surface area (Å²) in [6.45, 7) is 3.03. The lowest BCUT2D eigenvalue weighted by molar-refractivity contribution is -0.130. The zero-order valence-corrected chi connectivity index (χ0v) is 14.0. The molecule has 4 rings (SSSR count). The lowest BCUT2D eigenvalue weighted by Gasteiger charge is -2.36. The Kier molecular flexibility index (Phi) is 4.48. The van der Waals surface area contributed by atoms with Crippen molar-refractivity contribution in [3.05, 3.63) is 23.8 Å². The molecule has 1 amide bonds. The lowest BCUT2D eigenvalue weighted by atomic mass is 10.0. The molecule has 1 aliphatic carbocycles. The normalized spacial score (nSPS) is 26.3. The molecule has 5 nitrogen and oxygen atoms in total. The minimum Gasteiger partial charge on any atom is -0.339 e. The number of carbonyl (C=O) groups is 1. The third-order valence-corrected chi connectivity index (χ3v) is 5.51. The Hall–Kier alpha value is -1.56. The maximum atomic E-state index is 12.8. The van der Waals surface area contributed by atoms with Gasteiger partial charge in [-0.3, -0.25) is 14.1 Å². The van der Waals surface area contributed by atoms with Crippen molar-refractivity contribution in [2.45, 2.75) is 50.6 Å². The zero-order chi connectivity index (χ0) is 16.5. The second-order valence-electron chi connectivity index (χ2n) is 7.46. The van der Waals surface area contributed by atoms with Crippen LogP contribution in [-0.4, -0.2) is 58.0 Å². The highest BCUT2D eigenvalue weighted by atomic mass is 19.1. The number of rotatable bonds is 5. The van der Waals surface area contributed by atoms with Crippen LogP contribution in [0.1, 0.15) is 49.5 Å². The molecule has 3 aliphatic rings. The summed E-state index contributed by atoms with van der Waals surface area (Å²) in [6, 6.07) is 2.30. The third-order valence-electron chi connectivity index (χ3n) is 5.51. The Morgan fingerprint density at radius 3 is 2.67 bits per heavy atom. The van der Waals surface area contributed by atoms with Gasteiger partial charge in [-0.2, -0.15) is 0 Å². The first kappa shape index (κ1) is 15.9. The van der Waals surface area contributed by atoms with E-state index in [2.05, 4.69) is 9.88 Å². The SMILES string of the molecule is O=C1CC(CF)CN1C1CCN(Cc2ccnc(C3CC3)n2)CC1. The van der Waals surface area contributed by atoms with Crippen LogP contribution in [0, 0.1) is 5.92 Å². The van der Waals surface area contributed by atoms with Crippen molar-refractivity contribution in [3.8, 4) is 0 Å². The molecule has 130 valence electrons. The molecule has 2 saturated heterocycles. The van der Waals surface area contributed by atoms with Crippen molar-refractivity contribution >= 4 is 5.91 Å². The van der Waals surface area contributed by atoms with Crippen molar-refractivity contribution in [2.75, 3.05) is 26.3 Å². The molecule has 0 bridgehead atoms. The van der Waals surface area contributed by atoms with Gasteiger partial charge in [-0.25, -0.2) is 9.97 Å². The van der Waals surface area contributed by atoms with Crippen molar-refractivity contribution in [3.63, 3.8) is 0 Å². The third kappa shape index (κ3) is 3.43. The number of hydrogen-bond donors (Lipinski definition) is 0. The zero-order valence-electron chi connectivity index (χ0n) is 14.0. The summed E-state index contributed by atoms with van der Waals surface area (Å²) in [4.78, 5) is 25.5. The van der Waals surface area contributed by atoms with E-state index < -0.39 is 0 Å². The number of carbonyl (C=O) groups excluding carboxylic acids is 1. The maximum absolute atomic E-state index is 12.8. The molecule has 3 fully saturated rings. The van der Waals surface area contributed by atoms with Gasteiger partial charge in [0.1, 0.15) is 5.82 Å². The Bertz CT molecular complexity index is 598. The van der Waals surface area contributed by atoms with Gasteiger partial charge in [-0.15, -0.1) is 0 Å². The molecule has 1 atom stereocenters. The monoisotopic (exact) mass is 332 g/mol. The van der Waals surface area contributed by atoms with Gasteiger partial charge in [0.2, 0.25) is 5.91 Å². The fraction of sp³-hybridized carbons (Fsp3) is 0.722. The van der Waals surface area contributed by atoms with Gasteiger partial charge < -0.3 is 4.90 Å². The standard InChI is InChI=1S/C18H25FN4O/c19-10-13-9-17(24)23(11-13)16-4-7-22(8-5-16)12-15-3-6-20-18(21-15)14-1-2-14/h3,6,13-14,16H,1-2,4-5,7-12H2. The Balaban J connectivity index is 1.30. The topological polar surface area (TPSA) is 49.3 Å². The van der Waals surface area contributed by atoms with Gasteiger partial charge in [0.15, 0.2) is 0 Å². The molecule has 0 aromatic carbocycles. The average molecular weight is 332 g/mol. The number of amides is 1. The van der Waals surface area contributed by atoms with Crippen LogP contribution in [0.4, 0.5) is 4.39 Å². The van der Waals surface area contributed by atoms with Gasteiger partial charge in [0.25, 0.3) is 0 Å². The van der Waals surface area contributed by atoms with Crippen LogP contribution in [0.2, 0.25) is 0 Å². The van der Waals surface area contributed by atoms with Crippen LogP contribution in [0.25, 0.3) is 0 Å². The average Bonchev–Trinajstić information content (AvgIpc) is 3.39. The molecule has 0 spiro atoms. The summed E-state index contributed by atoms with van der Waals surface area (Å²) in [5, 5.41) is 0. The van der Waals surface area contributed by atoms with E-state index in [0.29, 0.717) is 18.9 Å². The molecule has 6 heteroatoms. The summed E-state index contributed by atoms with van der Waals surface area (Å²) in [7, 11) is 0. The molecule has 1 unspecified atom stereocenters. The van der Waals surface area contributed by atoms with Crippen LogP contribution in [0.15, 0.2) is 12.3 Å². The highest BCUT2D eigenvalue weighted by Gasteiger charge is 2.35. The van der Waals surface area contributed by atoms with E-state index in [-0.39, 0.29) is 24.5 Å². The molecule has 24 heavy (non-hydrogen) atoms. The summed E-state index contributed by atoms with van der Waals surface area (Å²) < 4.78 is 12.8. The van der Waals surface area contributed by atoms with Crippen molar-refractivity contribution in [2.24, 2.45) is 5.92 Å². The Morgan fingerprint density at radius 2 is 2.00 bits per heavy atom. The van der Waals surface area contributed by atoms with E-state index in [1.165, 1.54) is 12.8 Å². The summed E-state index contributed by atoms with van der Waals surface area (Å²) in [5.74, 6) is 1.64. The number of piperidine rings is 1. The van der Waals surface area contributed by atoms with E-state index in [4.69, 9.17) is 4.98 Å². The number of halogens is 1. The van der Waals surface area contributed by atoms with Crippen LogP contribution >= 0.6 is 0 Å². The Labute approximate surface area is 142 Å². The van der Waals surface area contributed by atoms with Crippen LogP contribution in [0.5, 0.6) is 0 Å². The summed E-state index contributed by atoms with van der Waals surface area (Å²) in [5.41, 5.74) is 1.10. The fourth-order valence-corrected chi connectivity index (χ4v) is 3.92. The highest BCUT2D eigenvalue weighted by molar-refractivity contribution is 5.79. The molecule has 2 aliphatic heterocycles. The predicted octanol–water partition coefficient (Wildman–Crippen LogP) is 2.14. The van der Waals surface area contributed by atoms with Gasteiger partial charge in [0.05, 0.1) is 12.4 Å². The van der Waals surface area contributed by atoms with E-state index in [1.54, 1.807) is 0 Å².